The van der Waals surface area contributed by atoms with Gasteiger partial charge in [0, 0.05) is 25.3 Å². The molecule has 2 rings (SSSR count). The van der Waals surface area contributed by atoms with Crippen molar-refractivity contribution in [3.63, 3.8) is 0 Å². The number of ether oxygens (including phenoxy) is 1. The molecule has 4 nitrogen and oxygen atoms in total. The number of rotatable bonds is 5. The number of benzene rings is 1. The Morgan fingerprint density at radius 2 is 2.11 bits per heavy atom. The third-order valence-corrected chi connectivity index (χ3v) is 3.09. The van der Waals surface area contributed by atoms with Gasteiger partial charge in [0.2, 0.25) is 0 Å². The summed E-state index contributed by atoms with van der Waals surface area (Å²) < 4.78 is 18.4. The van der Waals surface area contributed by atoms with Crippen LogP contribution in [0.4, 0.5) is 10.2 Å². The molecule has 0 amide bonds. The summed E-state index contributed by atoms with van der Waals surface area (Å²) in [6.45, 7) is 1.20. The van der Waals surface area contributed by atoms with Crippen molar-refractivity contribution in [1.29, 1.82) is 0 Å². The van der Waals surface area contributed by atoms with Crippen LogP contribution in [-0.2, 0) is 4.74 Å². The van der Waals surface area contributed by atoms with Crippen molar-refractivity contribution < 1.29 is 9.13 Å². The van der Waals surface area contributed by atoms with Crippen LogP contribution in [0.25, 0.3) is 11.3 Å². The van der Waals surface area contributed by atoms with E-state index in [1.165, 1.54) is 12.1 Å². The number of aromatic amines is 1. The van der Waals surface area contributed by atoms with Gasteiger partial charge in [-0.15, -0.1) is 0 Å². The average Bonchev–Trinajstić information content (AvgIpc) is 2.83. The predicted molar refractivity (Wildman–Crippen MR) is 74.4 cm³/mol. The first-order chi connectivity index (χ1) is 9.11. The predicted octanol–water partition coefficient (Wildman–Crippen LogP) is 3.58. The molecule has 1 aromatic heterocycles. The Bertz CT molecular complexity index is 574. The number of aromatic nitrogens is 2. The van der Waals surface area contributed by atoms with Gasteiger partial charge in [0.05, 0.1) is 22.3 Å². The van der Waals surface area contributed by atoms with Gasteiger partial charge < -0.3 is 10.1 Å². The van der Waals surface area contributed by atoms with Gasteiger partial charge in [-0.3, -0.25) is 5.10 Å². The molecule has 0 aliphatic carbocycles. The third kappa shape index (κ3) is 3.37. The molecule has 2 N–H and O–H groups in total. The molecular weight excluding hydrogens is 292 g/mol. The number of hydrogen-bond acceptors (Lipinski definition) is 3. The van der Waals surface area contributed by atoms with Gasteiger partial charge in [-0.1, -0.05) is 23.2 Å². The van der Waals surface area contributed by atoms with Crippen LogP contribution < -0.4 is 5.32 Å². The summed E-state index contributed by atoms with van der Waals surface area (Å²) in [5, 5.41) is 10.2. The molecule has 1 aromatic carbocycles. The smallest absolute Gasteiger partial charge is 0.148 e. The molecule has 0 atom stereocenters. The van der Waals surface area contributed by atoms with Crippen LogP contribution >= 0.6 is 23.2 Å². The highest BCUT2D eigenvalue weighted by Gasteiger charge is 2.11. The highest BCUT2D eigenvalue weighted by molar-refractivity contribution is 6.36. The molecular formula is C12H12Cl2FN3O. The van der Waals surface area contributed by atoms with E-state index in [1.807, 2.05) is 0 Å². The third-order valence-electron chi connectivity index (χ3n) is 2.49. The first-order valence-corrected chi connectivity index (χ1v) is 6.30. The molecule has 102 valence electrons. The first-order valence-electron chi connectivity index (χ1n) is 5.55. The van der Waals surface area contributed by atoms with Gasteiger partial charge >= 0.3 is 0 Å². The molecule has 1 heterocycles. The maximum atomic E-state index is 13.4. The normalized spacial score (nSPS) is 10.7. The van der Waals surface area contributed by atoms with E-state index in [2.05, 4.69) is 15.5 Å². The molecule has 0 aliphatic rings. The molecule has 7 heteroatoms. The number of methoxy groups -OCH3 is 1. The van der Waals surface area contributed by atoms with Gasteiger partial charge in [-0.25, -0.2) is 4.39 Å². The molecule has 0 saturated heterocycles. The summed E-state index contributed by atoms with van der Waals surface area (Å²) >= 11 is 11.7. The number of anilines is 1. The van der Waals surface area contributed by atoms with E-state index in [9.17, 15) is 4.39 Å². The Morgan fingerprint density at radius 3 is 2.84 bits per heavy atom. The second kappa shape index (κ2) is 6.23. The number of halogens is 3. The topological polar surface area (TPSA) is 49.9 Å². The fraction of sp³-hybridized carbons (Fsp3) is 0.250. The zero-order valence-corrected chi connectivity index (χ0v) is 11.6. The quantitative estimate of drug-likeness (QED) is 0.655. The van der Waals surface area contributed by atoms with E-state index in [-0.39, 0.29) is 5.02 Å². The minimum absolute atomic E-state index is 0.00768. The Kier molecular flexibility index (Phi) is 4.63. The van der Waals surface area contributed by atoms with Crippen molar-refractivity contribution in [3.05, 3.63) is 34.1 Å². The van der Waals surface area contributed by atoms with Crippen molar-refractivity contribution in [2.45, 2.75) is 0 Å². The standard InChI is InChI=1S/C12H12Cl2FN3O/c1-19-3-2-16-12-6-11(17-18-12)7-4-10(15)9(14)5-8(7)13/h4-6H,2-3H2,1H3,(H2,16,17,18). The van der Waals surface area contributed by atoms with Crippen LogP contribution in [0.5, 0.6) is 0 Å². The fourth-order valence-corrected chi connectivity index (χ4v) is 2.05. The largest absolute Gasteiger partial charge is 0.383 e. The molecule has 2 aromatic rings. The monoisotopic (exact) mass is 303 g/mol. The summed E-state index contributed by atoms with van der Waals surface area (Å²) in [7, 11) is 1.62. The van der Waals surface area contributed by atoms with Crippen molar-refractivity contribution >= 4 is 29.0 Å². The number of H-pyrrole nitrogens is 1. The Morgan fingerprint density at radius 1 is 1.32 bits per heavy atom. The zero-order chi connectivity index (χ0) is 13.8. The molecule has 0 bridgehead atoms. The van der Waals surface area contributed by atoms with Crippen molar-refractivity contribution in [2.75, 3.05) is 25.6 Å². The summed E-state index contributed by atoms with van der Waals surface area (Å²) in [5.41, 5.74) is 1.12. The van der Waals surface area contributed by atoms with Crippen molar-refractivity contribution in [3.8, 4) is 11.3 Å². The summed E-state index contributed by atoms with van der Waals surface area (Å²) in [4.78, 5) is 0. The lowest BCUT2D eigenvalue weighted by Crippen LogP contribution is -2.07. The average molecular weight is 304 g/mol. The molecule has 19 heavy (non-hydrogen) atoms. The maximum absolute atomic E-state index is 13.4. The molecule has 0 fully saturated rings. The van der Waals surface area contributed by atoms with E-state index in [4.69, 9.17) is 27.9 Å². The molecule has 0 radical (unpaired) electrons. The van der Waals surface area contributed by atoms with Crippen LogP contribution in [0.1, 0.15) is 0 Å². The van der Waals surface area contributed by atoms with Crippen LogP contribution in [0, 0.1) is 5.82 Å². The highest BCUT2D eigenvalue weighted by atomic mass is 35.5. The van der Waals surface area contributed by atoms with Crippen LogP contribution in [0.15, 0.2) is 18.2 Å². The van der Waals surface area contributed by atoms with Crippen LogP contribution in [0.2, 0.25) is 10.0 Å². The highest BCUT2D eigenvalue weighted by Crippen LogP contribution is 2.31. The van der Waals surface area contributed by atoms with Gasteiger partial charge in [-0.2, -0.15) is 5.10 Å². The first kappa shape index (κ1) is 14.1. The molecule has 0 saturated carbocycles. The second-order valence-corrected chi connectivity index (χ2v) is 4.65. The van der Waals surface area contributed by atoms with Crippen LogP contribution in [0.3, 0.4) is 0 Å². The summed E-state index contributed by atoms with van der Waals surface area (Å²) in [5.74, 6) is 0.114. The Labute approximate surface area is 119 Å². The van der Waals surface area contributed by atoms with Gasteiger partial charge in [0.25, 0.3) is 0 Å². The van der Waals surface area contributed by atoms with E-state index in [1.54, 1.807) is 13.2 Å². The fourth-order valence-electron chi connectivity index (χ4n) is 1.56. The van der Waals surface area contributed by atoms with E-state index < -0.39 is 5.82 Å². The van der Waals surface area contributed by atoms with Crippen LogP contribution in [-0.4, -0.2) is 30.5 Å². The van der Waals surface area contributed by atoms with Gasteiger partial charge in [-0.05, 0) is 12.1 Å². The van der Waals surface area contributed by atoms with E-state index >= 15 is 0 Å². The second-order valence-electron chi connectivity index (χ2n) is 3.83. The zero-order valence-electron chi connectivity index (χ0n) is 10.1. The van der Waals surface area contributed by atoms with E-state index in [0.717, 1.165) is 0 Å². The molecule has 0 aliphatic heterocycles. The maximum Gasteiger partial charge on any atom is 0.148 e. The SMILES string of the molecule is COCCNc1cc(-c2cc(F)c(Cl)cc2Cl)[nH]n1. The minimum atomic E-state index is -0.524. The van der Waals surface area contributed by atoms with Crippen molar-refractivity contribution in [1.82, 2.24) is 10.2 Å². The lowest BCUT2D eigenvalue weighted by molar-refractivity contribution is 0.210. The number of hydrogen-bond donors (Lipinski definition) is 2. The molecule has 0 unspecified atom stereocenters. The number of nitrogens with zero attached hydrogens (tertiary/aromatic N) is 1. The molecule has 0 spiro atoms. The van der Waals surface area contributed by atoms with Gasteiger partial charge in [0.15, 0.2) is 0 Å². The van der Waals surface area contributed by atoms with E-state index in [0.29, 0.717) is 35.2 Å². The summed E-state index contributed by atoms with van der Waals surface area (Å²) in [6, 6.07) is 4.38. The Hall–Kier alpha value is -1.30. The lowest BCUT2D eigenvalue weighted by Gasteiger charge is -2.03. The van der Waals surface area contributed by atoms with Crippen molar-refractivity contribution in [2.24, 2.45) is 0 Å². The Balaban J connectivity index is 2.20. The lowest BCUT2D eigenvalue weighted by atomic mass is 10.1. The minimum Gasteiger partial charge on any atom is -0.383 e. The van der Waals surface area contributed by atoms with Gasteiger partial charge in [0.1, 0.15) is 11.6 Å². The number of nitrogens with one attached hydrogen (secondary N) is 2. The summed E-state index contributed by atoms with van der Waals surface area (Å²) in [6.07, 6.45) is 0.